The van der Waals surface area contributed by atoms with Crippen LogP contribution in [0.3, 0.4) is 0 Å². The van der Waals surface area contributed by atoms with E-state index in [1.54, 1.807) is 0 Å². The molecular weight excluding hydrogens is 282 g/mol. The van der Waals surface area contributed by atoms with E-state index in [4.69, 9.17) is 16.2 Å². The maximum absolute atomic E-state index is 11.1. The Hall–Kier alpha value is -1.77. The van der Waals surface area contributed by atoms with Gasteiger partial charge in [-0.1, -0.05) is 11.6 Å². The molecule has 9 heteroatoms. The van der Waals surface area contributed by atoms with Gasteiger partial charge < -0.3 is 10.1 Å². The number of benzene rings is 1. The Labute approximate surface area is 108 Å². The molecule has 0 aliphatic rings. The van der Waals surface area contributed by atoms with Crippen LogP contribution >= 0.6 is 11.6 Å². The monoisotopic (exact) mass is 289 g/mol. The molecule has 0 saturated heterocycles. The topological polar surface area (TPSA) is 118 Å². The van der Waals surface area contributed by atoms with E-state index in [1.165, 1.54) is 18.2 Å². The van der Waals surface area contributed by atoms with Gasteiger partial charge >= 0.3 is 5.69 Å². The Kier molecular flexibility index (Phi) is 3.41. The molecular formula is C9H8ClN3O4S. The number of hydrogen-bond donors (Lipinski definition) is 5. The van der Waals surface area contributed by atoms with E-state index < -0.39 is 17.0 Å². The molecule has 0 saturated carbocycles. The molecule has 0 fully saturated rings. The van der Waals surface area contributed by atoms with Gasteiger partial charge in [0.15, 0.2) is 0 Å². The van der Waals surface area contributed by atoms with Gasteiger partial charge in [-0.25, -0.2) is 9.00 Å². The molecule has 2 rings (SSSR count). The second-order valence-corrected chi connectivity index (χ2v) is 4.48. The molecule has 1 aromatic carbocycles. The highest BCUT2D eigenvalue weighted by atomic mass is 35.5. The molecule has 1 heterocycles. The molecule has 1 unspecified atom stereocenters. The average molecular weight is 290 g/mol. The lowest BCUT2D eigenvalue weighted by Crippen LogP contribution is -2.04. The lowest BCUT2D eigenvalue weighted by Gasteiger charge is -2.08. The Morgan fingerprint density at radius 3 is 2.61 bits per heavy atom. The third-order valence-corrected chi connectivity index (χ3v) is 2.79. The predicted octanol–water partition coefficient (Wildman–Crippen LogP) is 1.28. The van der Waals surface area contributed by atoms with E-state index in [1.807, 2.05) is 0 Å². The van der Waals surface area contributed by atoms with Gasteiger partial charge in [0.25, 0.3) is 11.3 Å². The van der Waals surface area contributed by atoms with Crippen molar-refractivity contribution in [2.24, 2.45) is 0 Å². The maximum Gasteiger partial charge on any atom is 0.326 e. The van der Waals surface area contributed by atoms with Gasteiger partial charge in [0.1, 0.15) is 5.69 Å². The number of H-pyrrole nitrogens is 2. The number of imidazole rings is 1. The van der Waals surface area contributed by atoms with Gasteiger partial charge in [-0.15, -0.1) is 0 Å². The second kappa shape index (κ2) is 4.84. The number of nitrogens with one attached hydrogen (secondary N) is 3. The van der Waals surface area contributed by atoms with Crippen LogP contribution in [0.1, 0.15) is 0 Å². The van der Waals surface area contributed by atoms with Crippen LogP contribution in [0, 0.1) is 0 Å². The van der Waals surface area contributed by atoms with Crippen molar-refractivity contribution < 1.29 is 13.9 Å². The maximum atomic E-state index is 11.1. The number of rotatable bonds is 3. The van der Waals surface area contributed by atoms with E-state index >= 15 is 0 Å². The number of aromatic nitrogens is 2. The first-order valence-corrected chi connectivity index (χ1v) is 6.14. The smallest absolute Gasteiger partial charge is 0.326 e. The summed E-state index contributed by atoms with van der Waals surface area (Å²) in [5.41, 5.74) is 0.0144. The van der Waals surface area contributed by atoms with Gasteiger partial charge in [-0.3, -0.25) is 14.3 Å². The lowest BCUT2D eigenvalue weighted by atomic mass is 10.1. The summed E-state index contributed by atoms with van der Waals surface area (Å²) in [7, 11) is 0. The van der Waals surface area contributed by atoms with Gasteiger partial charge in [0, 0.05) is 10.6 Å². The van der Waals surface area contributed by atoms with Crippen molar-refractivity contribution in [2.45, 2.75) is 0 Å². The summed E-state index contributed by atoms with van der Waals surface area (Å²) in [5, 5.41) is 9.89. The minimum Gasteiger partial charge on any atom is -0.493 e. The predicted molar refractivity (Wildman–Crippen MR) is 67.9 cm³/mol. The molecule has 0 radical (unpaired) electrons. The van der Waals surface area contributed by atoms with Gasteiger partial charge in [-0.05, 0) is 18.2 Å². The molecule has 1 aromatic heterocycles. The van der Waals surface area contributed by atoms with Crippen LogP contribution in [0.4, 0.5) is 5.69 Å². The standard InChI is InChI=1S/C9H8ClN3O4S/c10-4-1-2-6(13-18(16)17)5(3-4)7-8(14)12-9(15)11-7/h1-3,13-14H,(H,16,17)(H2,11,12,15). The van der Waals surface area contributed by atoms with Crippen LogP contribution < -0.4 is 10.4 Å². The summed E-state index contributed by atoms with van der Waals surface area (Å²) in [6, 6.07) is 4.40. The largest absolute Gasteiger partial charge is 0.493 e. The fourth-order valence-electron chi connectivity index (χ4n) is 1.48. The quantitative estimate of drug-likeness (QED) is 0.547. The van der Waals surface area contributed by atoms with Crippen LogP contribution in [0.25, 0.3) is 11.3 Å². The number of hydrogen-bond acceptors (Lipinski definition) is 3. The number of aromatic hydroxyl groups is 1. The van der Waals surface area contributed by atoms with Crippen LogP contribution in [-0.4, -0.2) is 23.8 Å². The van der Waals surface area contributed by atoms with E-state index in [0.717, 1.165) is 0 Å². The van der Waals surface area contributed by atoms with E-state index in [0.29, 0.717) is 10.6 Å². The molecule has 18 heavy (non-hydrogen) atoms. The summed E-state index contributed by atoms with van der Waals surface area (Å²) in [4.78, 5) is 15.6. The minimum atomic E-state index is -2.28. The zero-order valence-electron chi connectivity index (χ0n) is 8.73. The van der Waals surface area contributed by atoms with Crippen LogP contribution in [-0.2, 0) is 11.3 Å². The van der Waals surface area contributed by atoms with Crippen molar-refractivity contribution in [2.75, 3.05) is 4.72 Å². The molecule has 7 nitrogen and oxygen atoms in total. The SMILES string of the molecule is O=c1[nH]c(O)c(-c2cc(Cl)ccc2NS(=O)O)[nH]1. The van der Waals surface area contributed by atoms with Crippen LogP contribution in [0.15, 0.2) is 23.0 Å². The fraction of sp³-hybridized carbons (Fsp3) is 0. The van der Waals surface area contributed by atoms with Crippen molar-refractivity contribution in [1.29, 1.82) is 0 Å². The first kappa shape index (κ1) is 12.7. The highest BCUT2D eigenvalue weighted by Gasteiger charge is 2.14. The highest BCUT2D eigenvalue weighted by molar-refractivity contribution is 7.80. The zero-order valence-corrected chi connectivity index (χ0v) is 10.3. The van der Waals surface area contributed by atoms with Crippen molar-refractivity contribution in [3.63, 3.8) is 0 Å². The van der Waals surface area contributed by atoms with Crippen molar-refractivity contribution in [3.05, 3.63) is 33.7 Å². The minimum absolute atomic E-state index is 0.0791. The molecule has 1 atom stereocenters. The first-order valence-electron chi connectivity index (χ1n) is 4.66. The third kappa shape index (κ3) is 2.55. The number of halogens is 1. The number of aromatic amines is 2. The van der Waals surface area contributed by atoms with E-state index in [2.05, 4.69) is 14.7 Å². The molecule has 5 N–H and O–H groups in total. The molecule has 0 aliphatic heterocycles. The van der Waals surface area contributed by atoms with Gasteiger partial charge in [0.2, 0.25) is 5.88 Å². The van der Waals surface area contributed by atoms with E-state index in [-0.39, 0.29) is 17.3 Å². The molecule has 0 amide bonds. The summed E-state index contributed by atoms with van der Waals surface area (Å²) in [6.07, 6.45) is 0. The fourth-order valence-corrected chi connectivity index (χ4v) is 2.01. The first-order chi connectivity index (χ1) is 8.47. The highest BCUT2D eigenvalue weighted by Crippen LogP contribution is 2.33. The van der Waals surface area contributed by atoms with Crippen LogP contribution in [0.2, 0.25) is 5.02 Å². The van der Waals surface area contributed by atoms with Gasteiger partial charge in [-0.2, -0.15) is 0 Å². The van der Waals surface area contributed by atoms with Crippen molar-refractivity contribution in [3.8, 4) is 17.1 Å². The summed E-state index contributed by atoms with van der Waals surface area (Å²) in [5.74, 6) is -0.381. The Balaban J connectivity index is 2.61. The van der Waals surface area contributed by atoms with Crippen molar-refractivity contribution in [1.82, 2.24) is 9.97 Å². The average Bonchev–Trinajstić information content (AvgIpc) is 2.60. The molecule has 0 spiro atoms. The summed E-state index contributed by atoms with van der Waals surface area (Å²) in [6.45, 7) is 0. The molecule has 2 aromatic rings. The summed E-state index contributed by atoms with van der Waals surface area (Å²) < 4.78 is 21.8. The Morgan fingerprint density at radius 2 is 2.06 bits per heavy atom. The Bertz CT molecular complexity index is 666. The molecule has 0 aliphatic carbocycles. The summed E-state index contributed by atoms with van der Waals surface area (Å²) >= 11 is 3.53. The zero-order chi connectivity index (χ0) is 13.3. The van der Waals surface area contributed by atoms with Crippen LogP contribution in [0.5, 0.6) is 5.88 Å². The third-order valence-electron chi connectivity index (χ3n) is 2.16. The Morgan fingerprint density at radius 1 is 1.33 bits per heavy atom. The van der Waals surface area contributed by atoms with E-state index in [9.17, 15) is 14.1 Å². The normalized spacial score (nSPS) is 12.3. The van der Waals surface area contributed by atoms with Gasteiger partial charge in [0.05, 0.1) is 5.69 Å². The second-order valence-electron chi connectivity index (χ2n) is 3.34. The molecule has 0 bridgehead atoms. The molecule has 96 valence electrons. The number of anilines is 1. The lowest BCUT2D eigenvalue weighted by molar-refractivity contribution is 0.457. The van der Waals surface area contributed by atoms with Crippen molar-refractivity contribution >= 4 is 28.6 Å².